The van der Waals surface area contributed by atoms with Crippen LogP contribution in [0.4, 0.5) is 0 Å². The molecule has 0 fully saturated rings. The normalized spacial score (nSPS) is 14.8. The molecule has 0 spiro atoms. The molecule has 0 bridgehead atoms. The molecule has 4 heteroatoms. The molecule has 0 saturated heterocycles. The summed E-state index contributed by atoms with van der Waals surface area (Å²) in [5, 5.41) is 19.8. The van der Waals surface area contributed by atoms with Crippen molar-refractivity contribution in [1.29, 1.82) is 5.26 Å². The highest BCUT2D eigenvalue weighted by atomic mass is 32.2. The first-order chi connectivity index (χ1) is 8.99. The molecule has 0 amide bonds. The van der Waals surface area contributed by atoms with Gasteiger partial charge in [0.25, 0.3) is 0 Å². The maximum Gasteiger partial charge on any atom is 0.114 e. The maximum atomic E-state index is 9.72. The fraction of sp³-hybridized carbons (Fsp3) is 0.600. The van der Waals surface area contributed by atoms with Crippen LogP contribution in [0.15, 0.2) is 11.1 Å². The number of nitriles is 1. The van der Waals surface area contributed by atoms with Crippen LogP contribution in [0.2, 0.25) is 0 Å². The zero-order chi connectivity index (χ0) is 13.9. The van der Waals surface area contributed by atoms with Gasteiger partial charge in [0.05, 0.1) is 11.2 Å². The summed E-state index contributed by atoms with van der Waals surface area (Å²) < 4.78 is 0. The van der Waals surface area contributed by atoms with Crippen LogP contribution in [0, 0.1) is 11.3 Å². The van der Waals surface area contributed by atoms with Crippen molar-refractivity contribution in [1.82, 2.24) is 4.98 Å². The van der Waals surface area contributed by atoms with Crippen LogP contribution in [-0.4, -0.2) is 21.4 Å². The Bertz CT molecular complexity index is 500. The van der Waals surface area contributed by atoms with E-state index in [1.165, 1.54) is 18.4 Å². The van der Waals surface area contributed by atoms with E-state index in [9.17, 15) is 10.4 Å². The summed E-state index contributed by atoms with van der Waals surface area (Å²) in [6, 6.07) is 4.26. The number of fused-ring (bicyclic) bond motifs is 1. The average Bonchev–Trinajstić information content (AvgIpc) is 2.36. The van der Waals surface area contributed by atoms with Crippen LogP contribution >= 0.6 is 11.8 Å². The van der Waals surface area contributed by atoms with Crippen LogP contribution in [0.25, 0.3) is 0 Å². The number of nitrogens with zero attached hydrogens (tertiary/aromatic N) is 2. The number of pyridine rings is 1. The molecule has 1 heterocycles. The maximum absolute atomic E-state index is 9.72. The Kier molecular flexibility index (Phi) is 4.49. The Hall–Kier alpha value is -1.05. The van der Waals surface area contributed by atoms with E-state index in [1.54, 1.807) is 25.6 Å². The van der Waals surface area contributed by atoms with Gasteiger partial charge in [-0.25, -0.2) is 4.98 Å². The lowest BCUT2D eigenvalue weighted by Gasteiger charge is -2.18. The molecule has 1 aliphatic carbocycles. The van der Waals surface area contributed by atoms with Gasteiger partial charge in [-0.15, -0.1) is 11.8 Å². The van der Waals surface area contributed by atoms with Crippen molar-refractivity contribution in [2.24, 2.45) is 0 Å². The van der Waals surface area contributed by atoms with Gasteiger partial charge in [0.15, 0.2) is 0 Å². The highest BCUT2D eigenvalue weighted by molar-refractivity contribution is 7.99. The molecule has 0 saturated carbocycles. The second-order valence-corrected chi connectivity index (χ2v) is 6.76. The number of aromatic nitrogens is 1. The van der Waals surface area contributed by atoms with E-state index in [0.717, 1.165) is 29.3 Å². The second-order valence-electron chi connectivity index (χ2n) is 5.68. The number of thioether (sulfide) groups is 1. The molecule has 3 nitrogen and oxygen atoms in total. The summed E-state index contributed by atoms with van der Waals surface area (Å²) in [6.45, 7) is 3.61. The Labute approximate surface area is 119 Å². The molecule has 1 aromatic rings. The summed E-state index contributed by atoms with van der Waals surface area (Å²) in [5.74, 6) is 0.782. The number of hydrogen-bond donors (Lipinski definition) is 1. The number of hydrogen-bond acceptors (Lipinski definition) is 4. The molecule has 19 heavy (non-hydrogen) atoms. The predicted octanol–water partition coefficient (Wildman–Crippen LogP) is 3.09. The molecule has 0 radical (unpaired) electrons. The van der Waals surface area contributed by atoms with Crippen LogP contribution in [0.3, 0.4) is 0 Å². The van der Waals surface area contributed by atoms with E-state index in [2.05, 4.69) is 11.1 Å². The van der Waals surface area contributed by atoms with Gasteiger partial charge in [0.1, 0.15) is 11.1 Å². The lowest BCUT2D eigenvalue weighted by molar-refractivity contribution is 0.0777. The molecule has 0 aliphatic heterocycles. The van der Waals surface area contributed by atoms with Crippen LogP contribution in [0.1, 0.15) is 49.9 Å². The first-order valence-corrected chi connectivity index (χ1v) is 7.76. The third-order valence-corrected chi connectivity index (χ3v) is 4.33. The lowest BCUT2D eigenvalue weighted by atomic mass is 9.95. The third kappa shape index (κ3) is 3.95. The largest absolute Gasteiger partial charge is 0.390 e. The van der Waals surface area contributed by atoms with E-state index >= 15 is 0 Å². The van der Waals surface area contributed by atoms with E-state index < -0.39 is 5.60 Å². The van der Waals surface area contributed by atoms with Crippen molar-refractivity contribution in [3.8, 4) is 6.07 Å². The highest BCUT2D eigenvalue weighted by Gasteiger charge is 2.17. The summed E-state index contributed by atoms with van der Waals surface area (Å²) in [4.78, 5) is 4.66. The van der Waals surface area contributed by atoms with E-state index in [-0.39, 0.29) is 0 Å². The third-order valence-electron chi connectivity index (χ3n) is 3.34. The average molecular weight is 276 g/mol. The van der Waals surface area contributed by atoms with Crippen LogP contribution in [-0.2, 0) is 12.8 Å². The van der Waals surface area contributed by atoms with E-state index in [4.69, 9.17) is 0 Å². The molecule has 1 aliphatic rings. The van der Waals surface area contributed by atoms with Crippen molar-refractivity contribution >= 4 is 11.8 Å². The van der Waals surface area contributed by atoms with Gasteiger partial charge >= 0.3 is 0 Å². The predicted molar refractivity (Wildman–Crippen MR) is 77.2 cm³/mol. The number of aliphatic hydroxyl groups is 1. The van der Waals surface area contributed by atoms with Crippen molar-refractivity contribution in [2.45, 2.75) is 56.6 Å². The van der Waals surface area contributed by atoms with Gasteiger partial charge in [0, 0.05) is 11.4 Å². The highest BCUT2D eigenvalue weighted by Crippen LogP contribution is 2.28. The minimum Gasteiger partial charge on any atom is -0.390 e. The van der Waals surface area contributed by atoms with Gasteiger partial charge < -0.3 is 5.11 Å². The monoisotopic (exact) mass is 276 g/mol. The summed E-state index contributed by atoms with van der Waals surface area (Å²) in [6.07, 6.45) is 5.16. The minimum absolute atomic E-state index is 0.659. The molecule has 1 N–H and O–H groups in total. The molecule has 0 unspecified atom stereocenters. The Morgan fingerprint density at radius 1 is 1.42 bits per heavy atom. The summed E-state index contributed by atoms with van der Waals surface area (Å²) in [7, 11) is 0. The molecule has 2 rings (SSSR count). The minimum atomic E-state index is -0.659. The molecule has 0 aromatic carbocycles. The standard InChI is InChI=1S/C15H20N2OS/c1-15(2,18)7-8-19-14-12(10-16)9-11-5-3-4-6-13(11)17-14/h9,18H,3-8H2,1-2H3. The van der Waals surface area contributed by atoms with Crippen LogP contribution in [0.5, 0.6) is 0 Å². The van der Waals surface area contributed by atoms with E-state index in [0.29, 0.717) is 12.0 Å². The summed E-state index contributed by atoms with van der Waals surface area (Å²) >= 11 is 1.58. The molecular weight excluding hydrogens is 256 g/mol. The van der Waals surface area contributed by atoms with Crippen molar-refractivity contribution in [3.05, 3.63) is 22.9 Å². The first kappa shape index (κ1) is 14.4. The second kappa shape index (κ2) is 5.94. The summed E-state index contributed by atoms with van der Waals surface area (Å²) in [5.41, 5.74) is 2.43. The van der Waals surface area contributed by atoms with Crippen molar-refractivity contribution < 1.29 is 5.11 Å². The Morgan fingerprint density at radius 2 is 2.16 bits per heavy atom. The first-order valence-electron chi connectivity index (χ1n) is 6.78. The van der Waals surface area contributed by atoms with Crippen LogP contribution < -0.4 is 0 Å². The number of rotatable bonds is 4. The van der Waals surface area contributed by atoms with Gasteiger partial charge in [-0.1, -0.05) is 0 Å². The molecule has 102 valence electrons. The molecule has 1 aromatic heterocycles. The lowest BCUT2D eigenvalue weighted by Crippen LogP contribution is -2.19. The Morgan fingerprint density at radius 3 is 2.84 bits per heavy atom. The van der Waals surface area contributed by atoms with Crippen molar-refractivity contribution in [2.75, 3.05) is 5.75 Å². The molecular formula is C15H20N2OS. The van der Waals surface area contributed by atoms with E-state index in [1.807, 2.05) is 6.07 Å². The zero-order valence-corrected chi connectivity index (χ0v) is 12.4. The van der Waals surface area contributed by atoms with Gasteiger partial charge in [0.2, 0.25) is 0 Å². The number of aryl methyl sites for hydroxylation is 2. The fourth-order valence-electron chi connectivity index (χ4n) is 2.20. The molecule has 0 atom stereocenters. The van der Waals surface area contributed by atoms with Crippen molar-refractivity contribution in [3.63, 3.8) is 0 Å². The fourth-order valence-corrected chi connectivity index (χ4v) is 3.43. The van der Waals surface area contributed by atoms with Gasteiger partial charge in [-0.2, -0.15) is 5.26 Å². The Balaban J connectivity index is 2.13. The SMILES string of the molecule is CC(C)(O)CCSc1nc2c(cc1C#N)CCCC2. The topological polar surface area (TPSA) is 56.9 Å². The zero-order valence-electron chi connectivity index (χ0n) is 11.6. The quantitative estimate of drug-likeness (QED) is 0.859. The van der Waals surface area contributed by atoms with Gasteiger partial charge in [-0.05, 0) is 57.6 Å². The van der Waals surface area contributed by atoms with Gasteiger partial charge in [-0.3, -0.25) is 0 Å². The smallest absolute Gasteiger partial charge is 0.114 e.